The molecule has 5 nitrogen and oxygen atoms in total. The summed E-state index contributed by atoms with van der Waals surface area (Å²) in [6.07, 6.45) is 4.08. The van der Waals surface area contributed by atoms with Crippen LogP contribution < -0.4 is 5.32 Å². The molecule has 1 atom stereocenters. The molecule has 2 fully saturated rings. The highest BCUT2D eigenvalue weighted by atomic mass is 32.2. The minimum Gasteiger partial charge on any atom is -0.354 e. The van der Waals surface area contributed by atoms with Gasteiger partial charge in [-0.25, -0.2) is 12.8 Å². The molecule has 1 aliphatic heterocycles. The number of hydrogen-bond donors (Lipinski definition) is 1. The number of halogens is 1. The summed E-state index contributed by atoms with van der Waals surface area (Å²) in [6, 6.07) is 15.6. The van der Waals surface area contributed by atoms with Crippen molar-refractivity contribution in [3.63, 3.8) is 0 Å². The number of rotatable bonds is 6. The smallest absolute Gasteiger partial charge is 0.241 e. The monoisotopic (exact) mass is 444 g/mol. The predicted octanol–water partition coefficient (Wildman–Crippen LogP) is 3.23. The van der Waals surface area contributed by atoms with E-state index in [-0.39, 0.29) is 28.6 Å². The zero-order valence-corrected chi connectivity index (χ0v) is 18.4. The van der Waals surface area contributed by atoms with Crippen LogP contribution in [0.3, 0.4) is 0 Å². The summed E-state index contributed by atoms with van der Waals surface area (Å²) in [6.45, 7) is 1.18. The first kappa shape index (κ1) is 22.0. The van der Waals surface area contributed by atoms with Gasteiger partial charge in [-0.2, -0.15) is 0 Å². The van der Waals surface area contributed by atoms with Crippen LogP contribution in [0.2, 0.25) is 0 Å². The summed E-state index contributed by atoms with van der Waals surface area (Å²) in [4.78, 5) is 15.4. The lowest BCUT2D eigenvalue weighted by Crippen LogP contribution is -2.49. The van der Waals surface area contributed by atoms with Gasteiger partial charge in [0.25, 0.3) is 0 Å². The van der Waals surface area contributed by atoms with E-state index in [1.807, 2.05) is 47.4 Å². The fraction of sp³-hybridized carbons (Fsp3) is 0.458. The van der Waals surface area contributed by atoms with E-state index >= 15 is 0 Å². The fourth-order valence-corrected chi connectivity index (χ4v) is 6.15. The molecule has 31 heavy (non-hydrogen) atoms. The van der Waals surface area contributed by atoms with E-state index in [2.05, 4.69) is 5.32 Å². The number of amides is 1. The number of hydrogen-bond acceptors (Lipinski definition) is 4. The van der Waals surface area contributed by atoms with Gasteiger partial charge in [0.2, 0.25) is 5.91 Å². The summed E-state index contributed by atoms with van der Waals surface area (Å²) in [5.41, 5.74) is 1.74. The normalized spacial score (nSPS) is 21.5. The van der Waals surface area contributed by atoms with Gasteiger partial charge in [0.1, 0.15) is 11.9 Å². The Morgan fingerprint density at radius 1 is 1.00 bits per heavy atom. The van der Waals surface area contributed by atoms with Crippen molar-refractivity contribution in [2.24, 2.45) is 0 Å². The molecule has 0 aromatic heterocycles. The molecule has 0 bridgehead atoms. The van der Waals surface area contributed by atoms with Crippen LogP contribution in [0.25, 0.3) is 0 Å². The van der Waals surface area contributed by atoms with Crippen molar-refractivity contribution < 1.29 is 17.6 Å². The Bertz CT molecular complexity index is 989. The van der Waals surface area contributed by atoms with Crippen LogP contribution in [0.5, 0.6) is 0 Å². The first-order valence-electron chi connectivity index (χ1n) is 10.9. The van der Waals surface area contributed by atoms with Gasteiger partial charge >= 0.3 is 0 Å². The lowest BCUT2D eigenvalue weighted by Gasteiger charge is -2.35. The van der Waals surface area contributed by atoms with Gasteiger partial charge in [0.15, 0.2) is 9.84 Å². The van der Waals surface area contributed by atoms with E-state index in [4.69, 9.17) is 0 Å². The first-order valence-corrected chi connectivity index (χ1v) is 12.7. The first-order chi connectivity index (χ1) is 14.9. The highest BCUT2D eigenvalue weighted by molar-refractivity contribution is 7.91. The van der Waals surface area contributed by atoms with E-state index in [0.29, 0.717) is 19.6 Å². The Hall–Kier alpha value is -2.25. The van der Waals surface area contributed by atoms with Crippen LogP contribution in [-0.4, -0.2) is 50.4 Å². The van der Waals surface area contributed by atoms with Crippen LogP contribution in [-0.2, 0) is 20.0 Å². The number of nitrogens with zero attached hydrogens (tertiary/aromatic N) is 1. The van der Waals surface area contributed by atoms with Crippen LogP contribution in [0.1, 0.15) is 42.9 Å². The molecule has 2 aromatic rings. The molecule has 0 radical (unpaired) electrons. The van der Waals surface area contributed by atoms with Gasteiger partial charge in [0.05, 0.1) is 11.5 Å². The second kappa shape index (κ2) is 9.09. The molecule has 4 rings (SSSR count). The van der Waals surface area contributed by atoms with Gasteiger partial charge in [-0.05, 0) is 36.1 Å². The molecule has 1 unspecified atom stereocenters. The molecule has 1 saturated heterocycles. The zero-order valence-electron chi connectivity index (χ0n) is 17.6. The van der Waals surface area contributed by atoms with E-state index in [1.54, 1.807) is 0 Å². The topological polar surface area (TPSA) is 66.5 Å². The third-order valence-corrected chi connectivity index (χ3v) is 8.34. The fourth-order valence-electron chi connectivity index (χ4n) is 4.92. The molecule has 7 heteroatoms. The van der Waals surface area contributed by atoms with Crippen LogP contribution in [0, 0.1) is 5.82 Å². The van der Waals surface area contributed by atoms with E-state index in [0.717, 1.165) is 36.8 Å². The molecular formula is C24H29FN2O3S. The highest BCUT2D eigenvalue weighted by Gasteiger charge is 2.38. The SMILES string of the molecule is O=C(NCC1(c2ccc(F)cc2)CCCC1)C(c1ccccc1)N1CCS(=O)(=O)CC1. The second-order valence-corrected chi connectivity index (χ2v) is 11.0. The van der Waals surface area contributed by atoms with Crippen LogP contribution in [0.4, 0.5) is 4.39 Å². The highest BCUT2D eigenvalue weighted by Crippen LogP contribution is 2.41. The molecule has 1 N–H and O–H groups in total. The van der Waals surface area contributed by atoms with Crippen molar-refractivity contribution in [2.45, 2.75) is 37.1 Å². The summed E-state index contributed by atoms with van der Waals surface area (Å²) in [5.74, 6) is -0.226. The molecule has 2 aliphatic rings. The number of carbonyl (C=O) groups excluding carboxylic acids is 1. The van der Waals surface area contributed by atoms with E-state index < -0.39 is 15.9 Å². The molecule has 2 aromatic carbocycles. The third kappa shape index (κ3) is 4.99. The largest absolute Gasteiger partial charge is 0.354 e. The Morgan fingerprint density at radius 3 is 2.23 bits per heavy atom. The number of benzene rings is 2. The van der Waals surface area contributed by atoms with Crippen LogP contribution >= 0.6 is 0 Å². The standard InChI is InChI=1S/C24H29FN2O3S/c25-21-10-8-20(9-11-21)24(12-4-5-13-24)18-26-23(28)22(19-6-2-1-3-7-19)27-14-16-31(29,30)17-15-27/h1-3,6-11,22H,4-5,12-18H2,(H,26,28). The van der Waals surface area contributed by atoms with Gasteiger partial charge < -0.3 is 5.32 Å². The van der Waals surface area contributed by atoms with Crippen LogP contribution in [0.15, 0.2) is 54.6 Å². The summed E-state index contributed by atoms with van der Waals surface area (Å²) in [7, 11) is -3.04. The molecular weight excluding hydrogens is 415 g/mol. The number of carbonyl (C=O) groups is 1. The predicted molar refractivity (Wildman–Crippen MR) is 119 cm³/mol. The van der Waals surface area contributed by atoms with Crippen molar-refractivity contribution in [3.05, 3.63) is 71.5 Å². The average molecular weight is 445 g/mol. The molecule has 1 aliphatic carbocycles. The molecule has 166 valence electrons. The molecule has 1 amide bonds. The quantitative estimate of drug-likeness (QED) is 0.743. The van der Waals surface area contributed by atoms with Gasteiger partial charge in [-0.1, -0.05) is 55.3 Å². The van der Waals surface area contributed by atoms with Crippen molar-refractivity contribution >= 4 is 15.7 Å². The van der Waals surface area contributed by atoms with E-state index in [1.165, 1.54) is 12.1 Å². The van der Waals surface area contributed by atoms with Crippen molar-refractivity contribution in [1.29, 1.82) is 0 Å². The Morgan fingerprint density at radius 2 is 1.61 bits per heavy atom. The Labute approximate surface area is 183 Å². The number of sulfone groups is 1. The molecule has 1 saturated carbocycles. The molecule has 1 heterocycles. The Kier molecular flexibility index (Phi) is 6.44. The maximum absolute atomic E-state index is 13.4. The summed E-state index contributed by atoms with van der Waals surface area (Å²) in [5, 5.41) is 3.17. The lowest BCUT2D eigenvalue weighted by atomic mass is 9.78. The minimum atomic E-state index is -3.04. The third-order valence-electron chi connectivity index (χ3n) is 6.73. The maximum atomic E-state index is 13.4. The maximum Gasteiger partial charge on any atom is 0.241 e. The number of nitrogens with one attached hydrogen (secondary N) is 1. The minimum absolute atomic E-state index is 0.0726. The molecule has 0 spiro atoms. The van der Waals surface area contributed by atoms with E-state index in [9.17, 15) is 17.6 Å². The second-order valence-electron chi connectivity index (χ2n) is 8.71. The average Bonchev–Trinajstić information content (AvgIpc) is 3.25. The van der Waals surface area contributed by atoms with Crippen molar-refractivity contribution in [1.82, 2.24) is 10.2 Å². The van der Waals surface area contributed by atoms with Crippen molar-refractivity contribution in [2.75, 3.05) is 31.1 Å². The van der Waals surface area contributed by atoms with Gasteiger partial charge in [0, 0.05) is 25.0 Å². The zero-order chi connectivity index (χ0) is 21.9. The summed E-state index contributed by atoms with van der Waals surface area (Å²) >= 11 is 0. The van der Waals surface area contributed by atoms with Gasteiger partial charge in [-0.15, -0.1) is 0 Å². The summed E-state index contributed by atoms with van der Waals surface area (Å²) < 4.78 is 37.2. The van der Waals surface area contributed by atoms with Crippen molar-refractivity contribution in [3.8, 4) is 0 Å². The lowest BCUT2D eigenvalue weighted by molar-refractivity contribution is -0.127. The Balaban J connectivity index is 1.54. The van der Waals surface area contributed by atoms with Gasteiger partial charge in [-0.3, -0.25) is 9.69 Å².